The maximum atomic E-state index is 6.32. The van der Waals surface area contributed by atoms with E-state index in [1.54, 1.807) is 6.20 Å². The zero-order chi connectivity index (χ0) is 14.8. The predicted octanol–water partition coefficient (Wildman–Crippen LogP) is 2.99. The second-order valence-electron chi connectivity index (χ2n) is 6.31. The van der Waals surface area contributed by atoms with E-state index >= 15 is 0 Å². The number of H-pyrrole nitrogens is 1. The quantitative estimate of drug-likeness (QED) is 0.943. The van der Waals surface area contributed by atoms with Crippen molar-refractivity contribution in [2.45, 2.75) is 19.4 Å². The summed E-state index contributed by atoms with van der Waals surface area (Å²) >= 11 is 6.32. The van der Waals surface area contributed by atoms with Crippen LogP contribution in [0.25, 0.3) is 11.0 Å². The van der Waals surface area contributed by atoms with Crippen LogP contribution in [-0.2, 0) is 6.54 Å². The van der Waals surface area contributed by atoms with E-state index < -0.39 is 0 Å². The van der Waals surface area contributed by atoms with Gasteiger partial charge in [-0.2, -0.15) is 0 Å². The van der Waals surface area contributed by atoms with Crippen LogP contribution in [0.3, 0.4) is 0 Å². The molecule has 3 rings (SSSR count). The van der Waals surface area contributed by atoms with Gasteiger partial charge in [0.25, 0.3) is 0 Å². The number of piperidine rings is 1. The molecule has 0 saturated carbocycles. The Morgan fingerprint density at radius 1 is 1.38 bits per heavy atom. The fourth-order valence-electron chi connectivity index (χ4n) is 3.29. The first-order valence-corrected chi connectivity index (χ1v) is 7.99. The highest BCUT2D eigenvalue weighted by Crippen LogP contribution is 2.27. The molecule has 0 bridgehead atoms. The monoisotopic (exact) mass is 306 g/mol. The average Bonchev–Trinajstić information content (AvgIpc) is 2.85. The van der Waals surface area contributed by atoms with Gasteiger partial charge < -0.3 is 9.88 Å². The van der Waals surface area contributed by atoms with Crippen LogP contribution in [0.1, 0.15) is 18.4 Å². The van der Waals surface area contributed by atoms with Crippen molar-refractivity contribution < 1.29 is 0 Å². The molecule has 1 aliphatic heterocycles. The molecule has 5 heteroatoms. The largest absolute Gasteiger partial charge is 0.346 e. The maximum Gasteiger partial charge on any atom is 0.139 e. The summed E-state index contributed by atoms with van der Waals surface area (Å²) in [7, 11) is 4.32. The second kappa shape index (κ2) is 6.34. The Bertz CT molecular complexity index is 599. The number of nitrogens with zero attached hydrogens (tertiary/aromatic N) is 3. The molecule has 2 aromatic heterocycles. The summed E-state index contributed by atoms with van der Waals surface area (Å²) in [5, 5.41) is 1.87. The first-order valence-electron chi connectivity index (χ1n) is 7.61. The number of rotatable bonds is 4. The molecule has 0 amide bonds. The summed E-state index contributed by atoms with van der Waals surface area (Å²) in [6.07, 6.45) is 6.37. The van der Waals surface area contributed by atoms with Gasteiger partial charge in [-0.05, 0) is 57.6 Å². The van der Waals surface area contributed by atoms with E-state index in [0.29, 0.717) is 0 Å². The van der Waals surface area contributed by atoms with Crippen LogP contribution in [0.15, 0.2) is 18.5 Å². The lowest BCUT2D eigenvalue weighted by atomic mass is 9.96. The third-order valence-electron chi connectivity index (χ3n) is 4.33. The summed E-state index contributed by atoms with van der Waals surface area (Å²) in [6, 6.07) is 1.87. The van der Waals surface area contributed by atoms with Crippen molar-refractivity contribution in [2.75, 3.05) is 33.7 Å². The van der Waals surface area contributed by atoms with Crippen molar-refractivity contribution in [1.82, 2.24) is 19.8 Å². The highest BCUT2D eigenvalue weighted by atomic mass is 35.5. The Kier molecular flexibility index (Phi) is 4.48. The summed E-state index contributed by atoms with van der Waals surface area (Å²) in [5.41, 5.74) is 2.15. The van der Waals surface area contributed by atoms with Crippen molar-refractivity contribution >= 4 is 22.6 Å². The summed E-state index contributed by atoms with van der Waals surface area (Å²) in [6.45, 7) is 4.50. The number of aromatic amines is 1. The van der Waals surface area contributed by atoms with Crippen LogP contribution in [0.2, 0.25) is 5.02 Å². The van der Waals surface area contributed by atoms with Crippen molar-refractivity contribution in [1.29, 1.82) is 0 Å². The Labute approximate surface area is 131 Å². The standard InChI is InChI=1S/C16H23ClN4/c1-20(2)10-12-4-7-21(8-5-12)11-13-9-19-16-15(13)14(17)3-6-18-16/h3,6,9,12H,4-5,7-8,10-11H2,1-2H3,(H,18,19). The van der Waals surface area contributed by atoms with Crippen molar-refractivity contribution in [3.63, 3.8) is 0 Å². The third-order valence-corrected chi connectivity index (χ3v) is 4.64. The number of hydrogen-bond acceptors (Lipinski definition) is 3. The lowest BCUT2D eigenvalue weighted by Crippen LogP contribution is -2.36. The van der Waals surface area contributed by atoms with Gasteiger partial charge >= 0.3 is 0 Å². The van der Waals surface area contributed by atoms with Gasteiger partial charge in [-0.1, -0.05) is 11.6 Å². The van der Waals surface area contributed by atoms with Crippen LogP contribution in [-0.4, -0.2) is 53.5 Å². The third kappa shape index (κ3) is 3.39. The Morgan fingerprint density at radius 2 is 2.14 bits per heavy atom. The molecule has 1 saturated heterocycles. The molecule has 3 heterocycles. The Balaban J connectivity index is 1.65. The molecule has 114 valence electrons. The topological polar surface area (TPSA) is 35.2 Å². The Hall–Kier alpha value is -1.10. The van der Waals surface area contributed by atoms with Crippen molar-refractivity contribution in [2.24, 2.45) is 5.92 Å². The highest BCUT2D eigenvalue weighted by molar-refractivity contribution is 6.35. The van der Waals surface area contributed by atoms with Crippen LogP contribution < -0.4 is 0 Å². The van der Waals surface area contributed by atoms with Gasteiger partial charge in [0, 0.05) is 30.9 Å². The van der Waals surface area contributed by atoms with Crippen LogP contribution in [0.4, 0.5) is 0 Å². The van der Waals surface area contributed by atoms with Crippen molar-refractivity contribution in [3.05, 3.63) is 29.0 Å². The van der Waals surface area contributed by atoms with Gasteiger partial charge in [-0.3, -0.25) is 4.90 Å². The molecule has 0 aliphatic carbocycles. The SMILES string of the molecule is CN(C)CC1CCN(Cc2c[nH]c3nccc(Cl)c23)CC1. The first kappa shape index (κ1) is 14.8. The molecule has 1 N–H and O–H groups in total. The van der Waals surface area contributed by atoms with E-state index in [1.807, 2.05) is 6.07 Å². The number of hydrogen-bond donors (Lipinski definition) is 1. The molecule has 21 heavy (non-hydrogen) atoms. The maximum absolute atomic E-state index is 6.32. The molecular formula is C16H23ClN4. The van der Waals surface area contributed by atoms with Crippen LogP contribution >= 0.6 is 11.6 Å². The van der Waals surface area contributed by atoms with E-state index in [0.717, 1.165) is 28.5 Å². The number of aromatic nitrogens is 2. The van der Waals surface area contributed by atoms with E-state index in [1.165, 1.54) is 38.0 Å². The van der Waals surface area contributed by atoms with E-state index in [2.05, 4.69) is 40.1 Å². The van der Waals surface area contributed by atoms with Gasteiger partial charge in [0.15, 0.2) is 0 Å². The van der Waals surface area contributed by atoms with Gasteiger partial charge in [0.2, 0.25) is 0 Å². The molecule has 0 atom stereocenters. The average molecular weight is 307 g/mol. The molecule has 0 aromatic carbocycles. The lowest BCUT2D eigenvalue weighted by molar-refractivity contribution is 0.157. The molecular weight excluding hydrogens is 284 g/mol. The number of nitrogens with one attached hydrogen (secondary N) is 1. The van der Waals surface area contributed by atoms with E-state index in [4.69, 9.17) is 11.6 Å². The van der Waals surface area contributed by atoms with Gasteiger partial charge in [0.05, 0.1) is 5.02 Å². The normalized spacial score (nSPS) is 17.9. The minimum atomic E-state index is 0.791. The summed E-state index contributed by atoms with van der Waals surface area (Å²) in [5.74, 6) is 0.837. The summed E-state index contributed by atoms with van der Waals surface area (Å²) in [4.78, 5) is 12.4. The molecule has 1 aliphatic rings. The fraction of sp³-hybridized carbons (Fsp3) is 0.562. The lowest BCUT2D eigenvalue weighted by Gasteiger charge is -2.33. The summed E-state index contributed by atoms with van der Waals surface area (Å²) < 4.78 is 0. The number of fused-ring (bicyclic) bond motifs is 1. The van der Waals surface area contributed by atoms with Crippen LogP contribution in [0, 0.1) is 5.92 Å². The molecule has 2 aromatic rings. The minimum absolute atomic E-state index is 0.791. The molecule has 0 radical (unpaired) electrons. The van der Waals surface area contributed by atoms with Crippen molar-refractivity contribution in [3.8, 4) is 0 Å². The number of likely N-dealkylation sites (tertiary alicyclic amines) is 1. The zero-order valence-corrected chi connectivity index (χ0v) is 13.5. The van der Waals surface area contributed by atoms with Crippen LogP contribution in [0.5, 0.6) is 0 Å². The number of pyridine rings is 1. The van der Waals surface area contributed by atoms with E-state index in [9.17, 15) is 0 Å². The Morgan fingerprint density at radius 3 is 2.86 bits per heavy atom. The first-order chi connectivity index (χ1) is 10.1. The van der Waals surface area contributed by atoms with Gasteiger partial charge in [-0.15, -0.1) is 0 Å². The molecule has 0 spiro atoms. The molecule has 1 fully saturated rings. The molecule has 0 unspecified atom stereocenters. The highest BCUT2D eigenvalue weighted by Gasteiger charge is 2.21. The molecule has 4 nitrogen and oxygen atoms in total. The smallest absolute Gasteiger partial charge is 0.139 e. The predicted molar refractivity (Wildman–Crippen MR) is 87.7 cm³/mol. The second-order valence-corrected chi connectivity index (χ2v) is 6.72. The zero-order valence-electron chi connectivity index (χ0n) is 12.8. The number of halogens is 1. The van der Waals surface area contributed by atoms with E-state index in [-0.39, 0.29) is 0 Å². The fourth-order valence-corrected chi connectivity index (χ4v) is 3.56. The minimum Gasteiger partial charge on any atom is -0.346 e. The van der Waals surface area contributed by atoms with Gasteiger partial charge in [-0.25, -0.2) is 4.98 Å². The van der Waals surface area contributed by atoms with Gasteiger partial charge in [0.1, 0.15) is 5.65 Å².